The minimum atomic E-state index is -0.381. The highest BCUT2D eigenvalue weighted by Crippen LogP contribution is 2.45. The molecule has 2 saturated carbocycles. The lowest BCUT2D eigenvalue weighted by Gasteiger charge is -2.24. The molecule has 3 aliphatic rings. The number of aromatic nitrogens is 3. The molecule has 1 N–H and O–H groups in total. The van der Waals surface area contributed by atoms with Gasteiger partial charge in [0, 0.05) is 24.5 Å². The first kappa shape index (κ1) is 15.5. The standard InChI is InChI=1S/C19H23FN4O/c20-14-3-1-2-13(8-14)17-9-16(25)10-23(17)11-18-21-22-19(12-4-5-12)24(18)15-6-7-15/h1-3,8,12,15-17,25H,4-7,9-11H2/t16-,17+/m1/s1. The minimum absolute atomic E-state index is 0.0272. The van der Waals surface area contributed by atoms with Crippen LogP contribution in [-0.2, 0) is 6.54 Å². The van der Waals surface area contributed by atoms with E-state index in [9.17, 15) is 9.50 Å². The number of rotatable bonds is 5. The Morgan fingerprint density at radius 1 is 1.16 bits per heavy atom. The predicted octanol–water partition coefficient (Wildman–Crippen LogP) is 2.94. The summed E-state index contributed by atoms with van der Waals surface area (Å²) in [5, 5.41) is 19.2. The Balaban J connectivity index is 1.42. The van der Waals surface area contributed by atoms with Gasteiger partial charge < -0.3 is 9.67 Å². The topological polar surface area (TPSA) is 54.2 Å². The molecule has 2 atom stereocenters. The van der Waals surface area contributed by atoms with E-state index < -0.39 is 0 Å². The molecule has 0 unspecified atom stereocenters. The number of nitrogens with zero attached hydrogens (tertiary/aromatic N) is 4. The fourth-order valence-corrected chi connectivity index (χ4v) is 4.09. The molecule has 1 aromatic heterocycles. The molecule has 1 saturated heterocycles. The second-order valence-electron chi connectivity index (χ2n) is 7.74. The largest absolute Gasteiger partial charge is 0.392 e. The molecule has 3 fully saturated rings. The number of halogens is 1. The Hall–Kier alpha value is -1.79. The molecule has 2 aromatic rings. The van der Waals surface area contributed by atoms with Gasteiger partial charge in [-0.1, -0.05) is 12.1 Å². The van der Waals surface area contributed by atoms with Crippen molar-refractivity contribution in [3.8, 4) is 0 Å². The average Bonchev–Trinajstić information content (AvgIpc) is 3.52. The van der Waals surface area contributed by atoms with Crippen LogP contribution in [0.1, 0.15) is 67.3 Å². The highest BCUT2D eigenvalue weighted by atomic mass is 19.1. The molecule has 2 aliphatic carbocycles. The van der Waals surface area contributed by atoms with E-state index in [1.54, 1.807) is 12.1 Å². The molecule has 132 valence electrons. The molecule has 2 heterocycles. The van der Waals surface area contributed by atoms with Crippen molar-refractivity contribution >= 4 is 0 Å². The van der Waals surface area contributed by atoms with Crippen LogP contribution in [0.5, 0.6) is 0 Å². The smallest absolute Gasteiger partial charge is 0.147 e. The van der Waals surface area contributed by atoms with Crippen LogP contribution < -0.4 is 0 Å². The molecule has 5 nitrogen and oxygen atoms in total. The van der Waals surface area contributed by atoms with E-state index in [-0.39, 0.29) is 18.0 Å². The fraction of sp³-hybridized carbons (Fsp3) is 0.579. The zero-order chi connectivity index (χ0) is 17.0. The molecule has 1 aromatic carbocycles. The maximum atomic E-state index is 13.6. The van der Waals surface area contributed by atoms with Gasteiger partial charge in [0.25, 0.3) is 0 Å². The number of benzene rings is 1. The van der Waals surface area contributed by atoms with Gasteiger partial charge >= 0.3 is 0 Å². The molecule has 0 bridgehead atoms. The maximum Gasteiger partial charge on any atom is 0.147 e. The summed E-state index contributed by atoms with van der Waals surface area (Å²) in [6, 6.07) is 7.31. The first-order valence-electron chi connectivity index (χ1n) is 9.30. The zero-order valence-electron chi connectivity index (χ0n) is 14.2. The second kappa shape index (κ2) is 5.88. The summed E-state index contributed by atoms with van der Waals surface area (Å²) in [5.41, 5.74) is 0.927. The Morgan fingerprint density at radius 2 is 2.00 bits per heavy atom. The van der Waals surface area contributed by atoms with Crippen LogP contribution in [0, 0.1) is 5.82 Å². The highest BCUT2D eigenvalue weighted by molar-refractivity contribution is 5.22. The van der Waals surface area contributed by atoms with Gasteiger partial charge in [0.15, 0.2) is 0 Å². The van der Waals surface area contributed by atoms with Crippen molar-refractivity contribution in [2.45, 2.75) is 62.8 Å². The van der Waals surface area contributed by atoms with Gasteiger partial charge in [0.1, 0.15) is 17.5 Å². The third-order valence-corrected chi connectivity index (χ3v) is 5.61. The summed E-state index contributed by atoms with van der Waals surface area (Å²) in [7, 11) is 0. The maximum absolute atomic E-state index is 13.6. The summed E-state index contributed by atoms with van der Waals surface area (Å²) in [6.07, 6.45) is 5.12. The van der Waals surface area contributed by atoms with Crippen LogP contribution in [-0.4, -0.2) is 37.4 Å². The van der Waals surface area contributed by atoms with E-state index in [2.05, 4.69) is 19.7 Å². The van der Waals surface area contributed by atoms with Crippen LogP contribution in [0.4, 0.5) is 4.39 Å². The predicted molar refractivity (Wildman–Crippen MR) is 90.4 cm³/mol. The first-order chi connectivity index (χ1) is 12.2. The number of hydrogen-bond acceptors (Lipinski definition) is 4. The third kappa shape index (κ3) is 2.98. The molecular weight excluding hydrogens is 319 g/mol. The second-order valence-corrected chi connectivity index (χ2v) is 7.74. The van der Waals surface area contributed by atoms with Gasteiger partial charge in [0.2, 0.25) is 0 Å². The van der Waals surface area contributed by atoms with Crippen molar-refractivity contribution in [3.63, 3.8) is 0 Å². The van der Waals surface area contributed by atoms with Crippen molar-refractivity contribution in [3.05, 3.63) is 47.3 Å². The molecule has 0 spiro atoms. The van der Waals surface area contributed by atoms with Crippen LogP contribution in [0.25, 0.3) is 0 Å². The van der Waals surface area contributed by atoms with Gasteiger partial charge in [-0.2, -0.15) is 0 Å². The molecule has 6 heteroatoms. The van der Waals surface area contributed by atoms with Crippen molar-refractivity contribution in [2.24, 2.45) is 0 Å². The summed E-state index contributed by atoms with van der Waals surface area (Å²) >= 11 is 0. The van der Waals surface area contributed by atoms with E-state index in [1.165, 1.54) is 31.7 Å². The molecule has 0 amide bonds. The minimum Gasteiger partial charge on any atom is -0.392 e. The van der Waals surface area contributed by atoms with E-state index in [0.717, 1.165) is 17.2 Å². The summed E-state index contributed by atoms with van der Waals surface area (Å²) in [5.74, 6) is 2.51. The van der Waals surface area contributed by atoms with Gasteiger partial charge in [-0.05, 0) is 49.8 Å². The van der Waals surface area contributed by atoms with Gasteiger partial charge in [-0.15, -0.1) is 10.2 Å². The molecule has 5 rings (SSSR count). The Morgan fingerprint density at radius 3 is 2.72 bits per heavy atom. The lowest BCUT2D eigenvalue weighted by molar-refractivity contribution is 0.170. The van der Waals surface area contributed by atoms with Gasteiger partial charge in [-0.3, -0.25) is 4.90 Å². The molecule has 1 aliphatic heterocycles. The van der Waals surface area contributed by atoms with Crippen LogP contribution in [0.3, 0.4) is 0 Å². The fourth-order valence-electron chi connectivity index (χ4n) is 4.09. The van der Waals surface area contributed by atoms with Crippen molar-refractivity contribution in [1.82, 2.24) is 19.7 Å². The van der Waals surface area contributed by atoms with Gasteiger partial charge in [-0.25, -0.2) is 4.39 Å². The average molecular weight is 342 g/mol. The number of β-amino-alcohol motifs (C(OH)–C–C–N with tert-alkyl or cyclic N) is 1. The van der Waals surface area contributed by atoms with E-state index in [4.69, 9.17) is 0 Å². The van der Waals surface area contributed by atoms with E-state index >= 15 is 0 Å². The Kier molecular flexibility index (Phi) is 3.64. The van der Waals surface area contributed by atoms with Crippen LogP contribution in [0.15, 0.2) is 24.3 Å². The van der Waals surface area contributed by atoms with E-state index in [0.29, 0.717) is 31.5 Å². The van der Waals surface area contributed by atoms with Gasteiger partial charge in [0.05, 0.1) is 12.6 Å². The summed E-state index contributed by atoms with van der Waals surface area (Å²) < 4.78 is 16.0. The third-order valence-electron chi connectivity index (χ3n) is 5.61. The first-order valence-corrected chi connectivity index (χ1v) is 9.30. The van der Waals surface area contributed by atoms with Crippen LogP contribution >= 0.6 is 0 Å². The molecular formula is C19H23FN4O. The Labute approximate surface area is 146 Å². The van der Waals surface area contributed by atoms with Crippen molar-refractivity contribution in [2.75, 3.05) is 6.54 Å². The SMILES string of the molecule is O[C@@H]1C[C@@H](c2cccc(F)c2)N(Cc2nnc(C3CC3)n2C2CC2)C1. The number of hydrogen-bond donors (Lipinski definition) is 1. The normalized spacial score (nSPS) is 27.1. The number of aliphatic hydroxyl groups is 1. The molecule has 25 heavy (non-hydrogen) atoms. The monoisotopic (exact) mass is 342 g/mol. The van der Waals surface area contributed by atoms with Crippen LogP contribution in [0.2, 0.25) is 0 Å². The van der Waals surface area contributed by atoms with E-state index in [1.807, 2.05) is 6.07 Å². The van der Waals surface area contributed by atoms with Crippen molar-refractivity contribution < 1.29 is 9.50 Å². The van der Waals surface area contributed by atoms with Crippen molar-refractivity contribution in [1.29, 1.82) is 0 Å². The number of aliphatic hydroxyl groups excluding tert-OH is 1. The lowest BCUT2D eigenvalue weighted by Crippen LogP contribution is -2.26. The Bertz CT molecular complexity index is 783. The lowest BCUT2D eigenvalue weighted by atomic mass is 10.0. The summed E-state index contributed by atoms with van der Waals surface area (Å²) in [4.78, 5) is 2.22. The zero-order valence-corrected chi connectivity index (χ0v) is 14.2. The molecule has 0 radical (unpaired) electrons. The number of likely N-dealkylation sites (tertiary alicyclic amines) is 1. The summed E-state index contributed by atoms with van der Waals surface area (Å²) in [6.45, 7) is 1.26. The quantitative estimate of drug-likeness (QED) is 0.908. The highest BCUT2D eigenvalue weighted by Gasteiger charge is 2.38.